The van der Waals surface area contributed by atoms with Gasteiger partial charge in [0.25, 0.3) is 0 Å². The Morgan fingerprint density at radius 2 is 1.94 bits per heavy atom. The summed E-state index contributed by atoms with van der Waals surface area (Å²) >= 11 is 1.31. The average Bonchev–Trinajstić information content (AvgIpc) is 2.73. The van der Waals surface area contributed by atoms with Crippen LogP contribution >= 0.6 is 11.5 Å². The van der Waals surface area contributed by atoms with Gasteiger partial charge in [-0.25, -0.2) is 0 Å². The monoisotopic (exact) mass is 243 g/mol. The van der Waals surface area contributed by atoms with Crippen LogP contribution in [0.4, 0.5) is 0 Å². The molecule has 0 radical (unpaired) electrons. The lowest BCUT2D eigenvalue weighted by Crippen LogP contribution is -1.80. The van der Waals surface area contributed by atoms with Gasteiger partial charge in [-0.05, 0) is 24.3 Å². The molecule has 0 saturated carbocycles. The second-order valence-corrected chi connectivity index (χ2v) is 4.32. The van der Waals surface area contributed by atoms with Crippen LogP contribution in [0, 0.1) is 0 Å². The van der Waals surface area contributed by atoms with Crippen molar-refractivity contribution in [3.63, 3.8) is 0 Å². The van der Waals surface area contributed by atoms with Crippen molar-refractivity contribution < 1.29 is 9.84 Å². The largest absolute Gasteiger partial charge is 0.508 e. The van der Waals surface area contributed by atoms with Gasteiger partial charge in [0.1, 0.15) is 11.5 Å². The van der Waals surface area contributed by atoms with Crippen LogP contribution in [0.2, 0.25) is 0 Å². The number of aromatic nitrogens is 1. The Morgan fingerprint density at radius 3 is 2.82 bits per heavy atom. The predicted octanol–water partition coefficient (Wildman–Crippen LogP) is 3.79. The van der Waals surface area contributed by atoms with Crippen molar-refractivity contribution in [2.75, 3.05) is 0 Å². The zero-order valence-electron chi connectivity index (χ0n) is 8.83. The Kier molecular flexibility index (Phi) is 2.42. The molecule has 3 nitrogen and oxygen atoms in total. The Hall–Kier alpha value is -2.07. The van der Waals surface area contributed by atoms with E-state index in [4.69, 9.17) is 4.74 Å². The zero-order valence-corrected chi connectivity index (χ0v) is 9.65. The molecule has 0 bridgehead atoms. The first-order chi connectivity index (χ1) is 8.33. The molecule has 2 aromatic carbocycles. The molecule has 0 fully saturated rings. The number of rotatable bonds is 2. The second-order valence-electron chi connectivity index (χ2n) is 3.59. The van der Waals surface area contributed by atoms with Crippen molar-refractivity contribution in [1.29, 1.82) is 0 Å². The first-order valence-electron chi connectivity index (χ1n) is 5.14. The molecule has 17 heavy (non-hydrogen) atoms. The number of hydrogen-bond donors (Lipinski definition) is 1. The summed E-state index contributed by atoms with van der Waals surface area (Å²) in [5, 5.41) is 11.1. The SMILES string of the molecule is Oc1cccc(Oc2snc3ccccc23)c1. The molecule has 3 aromatic rings. The van der Waals surface area contributed by atoms with E-state index < -0.39 is 0 Å². The van der Waals surface area contributed by atoms with E-state index in [1.807, 2.05) is 24.3 Å². The van der Waals surface area contributed by atoms with Gasteiger partial charge in [-0.2, -0.15) is 4.37 Å². The molecule has 0 amide bonds. The minimum atomic E-state index is 0.191. The van der Waals surface area contributed by atoms with Gasteiger partial charge in [-0.1, -0.05) is 18.2 Å². The molecule has 0 aliphatic rings. The molecule has 0 spiro atoms. The molecule has 1 N–H and O–H groups in total. The molecule has 1 heterocycles. The molecule has 0 atom stereocenters. The highest BCUT2D eigenvalue weighted by molar-refractivity contribution is 7.09. The summed E-state index contributed by atoms with van der Waals surface area (Å²) < 4.78 is 10.00. The van der Waals surface area contributed by atoms with Gasteiger partial charge >= 0.3 is 0 Å². The van der Waals surface area contributed by atoms with Gasteiger partial charge < -0.3 is 9.84 Å². The van der Waals surface area contributed by atoms with Gasteiger partial charge in [0.05, 0.1) is 10.9 Å². The van der Waals surface area contributed by atoms with E-state index >= 15 is 0 Å². The van der Waals surface area contributed by atoms with E-state index in [1.165, 1.54) is 11.5 Å². The van der Waals surface area contributed by atoms with Crippen molar-refractivity contribution in [1.82, 2.24) is 4.37 Å². The smallest absolute Gasteiger partial charge is 0.207 e. The van der Waals surface area contributed by atoms with Crippen molar-refractivity contribution in [2.24, 2.45) is 0 Å². The van der Waals surface area contributed by atoms with Crippen molar-refractivity contribution in [3.8, 4) is 16.6 Å². The third kappa shape index (κ3) is 1.94. The van der Waals surface area contributed by atoms with Gasteiger partial charge in [0.15, 0.2) is 0 Å². The summed E-state index contributed by atoms with van der Waals surface area (Å²) in [7, 11) is 0. The number of phenols is 1. The number of hydrogen-bond acceptors (Lipinski definition) is 4. The molecule has 3 rings (SSSR count). The van der Waals surface area contributed by atoms with Gasteiger partial charge in [0.2, 0.25) is 5.06 Å². The van der Waals surface area contributed by atoms with E-state index in [1.54, 1.807) is 24.3 Å². The molecule has 0 aliphatic heterocycles. The van der Waals surface area contributed by atoms with Crippen LogP contribution in [0.1, 0.15) is 0 Å². The van der Waals surface area contributed by atoms with Crippen LogP contribution in [0.5, 0.6) is 16.6 Å². The predicted molar refractivity (Wildman–Crippen MR) is 67.8 cm³/mol. The minimum Gasteiger partial charge on any atom is -0.508 e. The van der Waals surface area contributed by atoms with E-state index in [0.717, 1.165) is 16.0 Å². The van der Waals surface area contributed by atoms with Crippen LogP contribution in [0.15, 0.2) is 48.5 Å². The number of phenolic OH excluding ortho intramolecular Hbond substituents is 1. The number of benzene rings is 2. The highest BCUT2D eigenvalue weighted by Gasteiger charge is 2.07. The number of aromatic hydroxyl groups is 1. The fourth-order valence-electron chi connectivity index (χ4n) is 1.59. The first-order valence-corrected chi connectivity index (χ1v) is 5.91. The van der Waals surface area contributed by atoms with Gasteiger partial charge in [-0.3, -0.25) is 0 Å². The van der Waals surface area contributed by atoms with E-state index in [2.05, 4.69) is 4.37 Å². The molecular weight excluding hydrogens is 234 g/mol. The summed E-state index contributed by atoms with van der Waals surface area (Å²) in [6.07, 6.45) is 0. The highest BCUT2D eigenvalue weighted by atomic mass is 32.1. The molecule has 0 saturated heterocycles. The average molecular weight is 243 g/mol. The third-order valence-corrected chi connectivity index (χ3v) is 3.14. The Bertz CT molecular complexity index is 663. The molecule has 0 aliphatic carbocycles. The molecule has 4 heteroatoms. The van der Waals surface area contributed by atoms with Crippen molar-refractivity contribution in [3.05, 3.63) is 48.5 Å². The Balaban J connectivity index is 2.00. The lowest BCUT2D eigenvalue weighted by Gasteiger charge is -2.02. The van der Waals surface area contributed by atoms with E-state index in [9.17, 15) is 5.11 Å². The minimum absolute atomic E-state index is 0.191. The van der Waals surface area contributed by atoms with Crippen LogP contribution in [0.25, 0.3) is 10.9 Å². The normalized spacial score (nSPS) is 10.6. The molecule has 1 aromatic heterocycles. The summed E-state index contributed by atoms with van der Waals surface area (Å²) in [4.78, 5) is 0. The van der Waals surface area contributed by atoms with Crippen molar-refractivity contribution >= 4 is 22.4 Å². The summed E-state index contributed by atoms with van der Waals surface area (Å²) in [5.74, 6) is 0.802. The quantitative estimate of drug-likeness (QED) is 0.744. The fraction of sp³-hybridized carbons (Fsp3) is 0. The maximum Gasteiger partial charge on any atom is 0.207 e. The van der Waals surface area contributed by atoms with Crippen LogP contribution in [0.3, 0.4) is 0 Å². The molecule has 0 unspecified atom stereocenters. The topological polar surface area (TPSA) is 42.4 Å². The van der Waals surface area contributed by atoms with Gasteiger partial charge in [-0.15, -0.1) is 0 Å². The second kappa shape index (κ2) is 4.07. The van der Waals surface area contributed by atoms with Crippen LogP contribution < -0.4 is 4.74 Å². The van der Waals surface area contributed by atoms with Crippen molar-refractivity contribution in [2.45, 2.75) is 0 Å². The number of nitrogens with zero attached hydrogens (tertiary/aromatic N) is 1. The van der Waals surface area contributed by atoms with Crippen LogP contribution in [-0.2, 0) is 0 Å². The van der Waals surface area contributed by atoms with Gasteiger partial charge in [0, 0.05) is 17.6 Å². The zero-order chi connectivity index (χ0) is 11.7. The van der Waals surface area contributed by atoms with E-state index in [0.29, 0.717) is 5.75 Å². The maximum atomic E-state index is 9.36. The number of ether oxygens (including phenoxy) is 1. The maximum absolute atomic E-state index is 9.36. The Labute approximate surface area is 102 Å². The fourth-order valence-corrected chi connectivity index (χ4v) is 2.34. The first kappa shape index (κ1) is 10.1. The summed E-state index contributed by atoms with van der Waals surface area (Å²) in [5.41, 5.74) is 0.924. The lowest BCUT2D eigenvalue weighted by molar-refractivity contribution is 0.461. The summed E-state index contributed by atoms with van der Waals surface area (Å²) in [6.45, 7) is 0. The molecule has 84 valence electrons. The standard InChI is InChI=1S/C13H9NO2S/c15-9-4-3-5-10(8-9)16-13-11-6-1-2-7-12(11)14-17-13/h1-8,15H. The highest BCUT2D eigenvalue weighted by Crippen LogP contribution is 2.34. The van der Waals surface area contributed by atoms with E-state index in [-0.39, 0.29) is 5.75 Å². The third-order valence-electron chi connectivity index (χ3n) is 2.38. The summed E-state index contributed by atoms with van der Waals surface area (Å²) in [6, 6.07) is 14.5. The lowest BCUT2D eigenvalue weighted by atomic mass is 10.2. The van der Waals surface area contributed by atoms with Crippen LogP contribution in [-0.4, -0.2) is 9.48 Å². The molecular formula is C13H9NO2S. The Morgan fingerprint density at radius 1 is 1.06 bits per heavy atom. The number of fused-ring (bicyclic) bond motifs is 1.